The van der Waals surface area contributed by atoms with E-state index in [1.54, 1.807) is 14.2 Å². The number of ether oxygens (including phenoxy) is 2. The van der Waals surface area contributed by atoms with Gasteiger partial charge in [-0.05, 0) is 12.8 Å². The molecule has 1 aliphatic carbocycles. The topological polar surface area (TPSA) is 86.5 Å². The minimum absolute atomic E-state index is 0.0231. The molecule has 1 fully saturated rings. The Morgan fingerprint density at radius 2 is 2.25 bits per heavy atom. The number of rotatable bonds is 9. The van der Waals surface area contributed by atoms with Crippen LogP contribution in [0.1, 0.15) is 24.6 Å². The summed E-state index contributed by atoms with van der Waals surface area (Å²) in [7, 11) is 3.26. The highest BCUT2D eigenvalue weighted by Gasteiger charge is 2.31. The molecule has 1 aliphatic rings. The molecule has 0 amide bonds. The number of methoxy groups -OCH3 is 2. The van der Waals surface area contributed by atoms with E-state index >= 15 is 0 Å². The Labute approximate surface area is 121 Å². The quantitative estimate of drug-likeness (QED) is 0.681. The van der Waals surface area contributed by atoms with Crippen molar-refractivity contribution in [3.8, 4) is 0 Å². The molecule has 0 aromatic carbocycles. The van der Waals surface area contributed by atoms with Gasteiger partial charge in [-0.15, -0.1) is 10.2 Å². The molecule has 20 heavy (non-hydrogen) atoms. The molecule has 112 valence electrons. The molecule has 2 rings (SSSR count). The molecule has 1 N–H and O–H groups in total. The average Bonchev–Trinajstić information content (AvgIpc) is 3.18. The molecule has 1 atom stereocenters. The van der Waals surface area contributed by atoms with E-state index in [0.717, 1.165) is 18.7 Å². The van der Waals surface area contributed by atoms with Crippen LogP contribution in [0, 0.1) is 0 Å². The normalized spacial score (nSPS) is 16.3. The maximum atomic E-state index is 10.7. The third-order valence-corrected chi connectivity index (χ3v) is 4.04. The van der Waals surface area contributed by atoms with E-state index in [9.17, 15) is 4.79 Å². The van der Waals surface area contributed by atoms with Crippen LogP contribution in [0.4, 0.5) is 0 Å². The predicted molar refractivity (Wildman–Crippen MR) is 73.0 cm³/mol. The summed E-state index contributed by atoms with van der Waals surface area (Å²) in [5, 5.41) is 17.7. The number of carboxylic acid groups (broad SMARTS) is 1. The number of nitrogens with zero attached hydrogens (tertiary/aromatic N) is 3. The molecule has 0 saturated heterocycles. The fourth-order valence-corrected chi connectivity index (χ4v) is 2.61. The first-order chi connectivity index (χ1) is 9.65. The molecule has 1 saturated carbocycles. The van der Waals surface area contributed by atoms with Crippen LogP contribution in [0.25, 0.3) is 0 Å². The van der Waals surface area contributed by atoms with E-state index in [0.29, 0.717) is 24.2 Å². The van der Waals surface area contributed by atoms with E-state index in [2.05, 4.69) is 10.2 Å². The molecule has 1 aromatic heterocycles. The Bertz CT molecular complexity index is 462. The average molecular weight is 301 g/mol. The number of hydrogen-bond acceptors (Lipinski definition) is 6. The second-order valence-electron chi connectivity index (χ2n) is 4.72. The number of aromatic nitrogens is 3. The number of carboxylic acids is 1. The van der Waals surface area contributed by atoms with Gasteiger partial charge in [-0.1, -0.05) is 11.8 Å². The smallest absolute Gasteiger partial charge is 0.313 e. The van der Waals surface area contributed by atoms with Crippen LogP contribution in [0.2, 0.25) is 0 Å². The minimum Gasteiger partial charge on any atom is -0.481 e. The molecule has 0 aliphatic heterocycles. The standard InChI is InChI=1S/C12H19N3O4S/c1-18-6-9(19-2)5-15-11(8-3-4-8)13-14-12(15)20-7-10(16)17/h8-9H,3-7H2,1-2H3,(H,16,17). The monoisotopic (exact) mass is 301 g/mol. The largest absolute Gasteiger partial charge is 0.481 e. The lowest BCUT2D eigenvalue weighted by Crippen LogP contribution is -2.25. The van der Waals surface area contributed by atoms with Crippen molar-refractivity contribution in [2.24, 2.45) is 0 Å². The zero-order chi connectivity index (χ0) is 14.5. The van der Waals surface area contributed by atoms with Crippen molar-refractivity contribution in [2.75, 3.05) is 26.6 Å². The van der Waals surface area contributed by atoms with E-state index < -0.39 is 5.97 Å². The third kappa shape index (κ3) is 3.94. The maximum Gasteiger partial charge on any atom is 0.313 e. The molecule has 0 bridgehead atoms. The van der Waals surface area contributed by atoms with E-state index in [1.807, 2.05) is 4.57 Å². The SMILES string of the molecule is COCC(Cn1c(SCC(=O)O)nnc1C1CC1)OC. The van der Waals surface area contributed by atoms with Crippen molar-refractivity contribution >= 4 is 17.7 Å². The molecule has 7 nitrogen and oxygen atoms in total. The molecular weight excluding hydrogens is 282 g/mol. The van der Waals surface area contributed by atoms with Crippen molar-refractivity contribution in [2.45, 2.75) is 36.6 Å². The van der Waals surface area contributed by atoms with Gasteiger partial charge in [-0.2, -0.15) is 0 Å². The van der Waals surface area contributed by atoms with E-state index in [-0.39, 0.29) is 11.9 Å². The summed E-state index contributed by atoms with van der Waals surface area (Å²) in [5.41, 5.74) is 0. The van der Waals surface area contributed by atoms with Crippen molar-refractivity contribution in [3.63, 3.8) is 0 Å². The first-order valence-corrected chi connectivity index (χ1v) is 7.43. The summed E-state index contributed by atoms with van der Waals surface area (Å²) < 4.78 is 12.5. The van der Waals surface area contributed by atoms with Crippen LogP contribution in [-0.4, -0.2) is 58.5 Å². The highest BCUT2D eigenvalue weighted by atomic mass is 32.2. The van der Waals surface area contributed by atoms with E-state index in [1.165, 1.54) is 11.8 Å². The van der Waals surface area contributed by atoms with Gasteiger partial charge < -0.3 is 19.1 Å². The highest BCUT2D eigenvalue weighted by molar-refractivity contribution is 7.99. The van der Waals surface area contributed by atoms with Gasteiger partial charge in [-0.25, -0.2) is 0 Å². The molecule has 1 heterocycles. The summed E-state index contributed by atoms with van der Waals surface area (Å²) in [5.74, 6) is 0.487. The highest BCUT2D eigenvalue weighted by Crippen LogP contribution is 2.40. The first kappa shape index (κ1) is 15.3. The molecule has 8 heteroatoms. The van der Waals surface area contributed by atoms with Crippen LogP contribution in [0.15, 0.2) is 5.16 Å². The summed E-state index contributed by atoms with van der Waals surface area (Å²) in [6.07, 6.45) is 2.13. The lowest BCUT2D eigenvalue weighted by molar-refractivity contribution is -0.133. The molecule has 0 radical (unpaired) electrons. The van der Waals surface area contributed by atoms with Gasteiger partial charge in [-0.3, -0.25) is 4.79 Å². The fourth-order valence-electron chi connectivity index (χ4n) is 1.93. The Morgan fingerprint density at radius 1 is 1.50 bits per heavy atom. The first-order valence-electron chi connectivity index (χ1n) is 6.45. The molecule has 1 unspecified atom stereocenters. The van der Waals surface area contributed by atoms with Crippen molar-refractivity contribution in [3.05, 3.63) is 5.82 Å². The van der Waals surface area contributed by atoms with Gasteiger partial charge in [0, 0.05) is 20.1 Å². The summed E-state index contributed by atoms with van der Waals surface area (Å²) in [4.78, 5) is 10.7. The van der Waals surface area contributed by atoms with Gasteiger partial charge in [0.15, 0.2) is 5.16 Å². The maximum absolute atomic E-state index is 10.7. The minimum atomic E-state index is -0.863. The third-order valence-electron chi connectivity index (χ3n) is 3.08. The Kier molecular flexibility index (Phi) is 5.38. The van der Waals surface area contributed by atoms with E-state index in [4.69, 9.17) is 14.6 Å². The molecule has 0 spiro atoms. The predicted octanol–water partition coefficient (Wildman–Crippen LogP) is 0.994. The molecule has 1 aromatic rings. The van der Waals surface area contributed by atoms with Crippen LogP contribution >= 0.6 is 11.8 Å². The molecular formula is C12H19N3O4S. The second kappa shape index (κ2) is 7.05. The number of aliphatic carboxylic acids is 1. The second-order valence-corrected chi connectivity index (χ2v) is 5.66. The number of hydrogen-bond donors (Lipinski definition) is 1. The van der Waals surface area contributed by atoms with Gasteiger partial charge >= 0.3 is 5.97 Å². The Hall–Kier alpha value is -1.12. The van der Waals surface area contributed by atoms with Gasteiger partial charge in [0.2, 0.25) is 0 Å². The van der Waals surface area contributed by atoms with Crippen LogP contribution in [0.3, 0.4) is 0 Å². The summed E-state index contributed by atoms with van der Waals surface area (Å²) in [6, 6.07) is 0. The van der Waals surface area contributed by atoms with Crippen LogP contribution in [-0.2, 0) is 20.8 Å². The van der Waals surface area contributed by atoms with Crippen LogP contribution in [0.5, 0.6) is 0 Å². The number of thioether (sulfide) groups is 1. The number of carbonyl (C=O) groups is 1. The van der Waals surface area contributed by atoms with Crippen molar-refractivity contribution < 1.29 is 19.4 Å². The van der Waals surface area contributed by atoms with Crippen molar-refractivity contribution in [1.29, 1.82) is 0 Å². The summed E-state index contributed by atoms with van der Waals surface area (Å²) >= 11 is 1.19. The van der Waals surface area contributed by atoms with Gasteiger partial charge in [0.25, 0.3) is 0 Å². The zero-order valence-corrected chi connectivity index (χ0v) is 12.4. The van der Waals surface area contributed by atoms with Gasteiger partial charge in [0.05, 0.1) is 25.0 Å². The lowest BCUT2D eigenvalue weighted by Gasteiger charge is -2.17. The Morgan fingerprint density at radius 3 is 2.80 bits per heavy atom. The van der Waals surface area contributed by atoms with Crippen molar-refractivity contribution in [1.82, 2.24) is 14.8 Å². The van der Waals surface area contributed by atoms with Gasteiger partial charge in [0.1, 0.15) is 5.82 Å². The zero-order valence-electron chi connectivity index (χ0n) is 11.6. The summed E-state index contributed by atoms with van der Waals surface area (Å²) in [6.45, 7) is 1.05. The fraction of sp³-hybridized carbons (Fsp3) is 0.750. The lowest BCUT2D eigenvalue weighted by atomic mass is 10.3. The Balaban J connectivity index is 2.13. The van der Waals surface area contributed by atoms with Crippen LogP contribution < -0.4 is 0 Å².